The van der Waals surface area contributed by atoms with Gasteiger partial charge in [-0.25, -0.2) is 4.98 Å². The number of nitrogens with one attached hydrogen (secondary N) is 1. The van der Waals surface area contributed by atoms with Gasteiger partial charge in [-0.1, -0.05) is 31.5 Å². The molecule has 4 heteroatoms. The van der Waals surface area contributed by atoms with Crippen molar-refractivity contribution in [1.29, 1.82) is 0 Å². The molecule has 2 rings (SSSR count). The Hall–Kier alpha value is -2.10. The van der Waals surface area contributed by atoms with Crippen LogP contribution in [-0.4, -0.2) is 17.4 Å². The highest BCUT2D eigenvalue weighted by Crippen LogP contribution is 2.21. The van der Waals surface area contributed by atoms with Crippen LogP contribution < -0.4 is 5.32 Å². The second-order valence-electron chi connectivity index (χ2n) is 4.77. The summed E-state index contributed by atoms with van der Waals surface area (Å²) in [7, 11) is 0. The molecule has 106 valence electrons. The molecule has 1 heterocycles. The zero-order chi connectivity index (χ0) is 14.4. The molecule has 0 aliphatic carbocycles. The maximum atomic E-state index is 11.8. The molecule has 1 aromatic carbocycles. The predicted octanol–water partition coefficient (Wildman–Crippen LogP) is 3.11. The maximum Gasteiger partial charge on any atom is 0.226 e. The fourth-order valence-corrected chi connectivity index (χ4v) is 1.92. The van der Waals surface area contributed by atoms with E-state index in [0.717, 1.165) is 24.9 Å². The largest absolute Gasteiger partial charge is 0.441 e. The summed E-state index contributed by atoms with van der Waals surface area (Å²) >= 11 is 0. The van der Waals surface area contributed by atoms with E-state index in [0.29, 0.717) is 17.3 Å². The van der Waals surface area contributed by atoms with Gasteiger partial charge in [0.25, 0.3) is 0 Å². The number of carbonyl (C=O) groups is 1. The van der Waals surface area contributed by atoms with E-state index in [4.69, 9.17) is 4.42 Å². The molecule has 0 unspecified atom stereocenters. The molecule has 20 heavy (non-hydrogen) atoms. The van der Waals surface area contributed by atoms with Crippen LogP contribution in [0.15, 0.2) is 34.7 Å². The van der Waals surface area contributed by atoms with E-state index < -0.39 is 0 Å². The lowest BCUT2D eigenvalue weighted by Crippen LogP contribution is -2.26. The summed E-state index contributed by atoms with van der Waals surface area (Å²) in [6.45, 7) is 4.66. The standard InChI is InChI=1S/C16H20N2O2/c1-3-4-10-17-15(19)11-14-12(2)20-16(18-14)13-8-6-5-7-9-13/h5-9H,3-4,10-11H2,1-2H3,(H,17,19). The number of oxazole rings is 1. The van der Waals surface area contributed by atoms with Crippen molar-refractivity contribution in [2.24, 2.45) is 0 Å². The van der Waals surface area contributed by atoms with E-state index >= 15 is 0 Å². The molecule has 0 bridgehead atoms. The Kier molecular flexibility index (Phi) is 4.93. The Bertz CT molecular complexity index is 561. The van der Waals surface area contributed by atoms with Gasteiger partial charge < -0.3 is 9.73 Å². The lowest BCUT2D eigenvalue weighted by molar-refractivity contribution is -0.120. The number of nitrogens with zero attached hydrogens (tertiary/aromatic N) is 1. The Labute approximate surface area is 119 Å². The lowest BCUT2D eigenvalue weighted by Gasteiger charge is -2.02. The summed E-state index contributed by atoms with van der Waals surface area (Å²) in [5.74, 6) is 1.27. The number of hydrogen-bond donors (Lipinski definition) is 1. The SMILES string of the molecule is CCCCNC(=O)Cc1nc(-c2ccccc2)oc1C. The van der Waals surface area contributed by atoms with Crippen LogP contribution in [0, 0.1) is 6.92 Å². The Morgan fingerprint density at radius 2 is 2.05 bits per heavy atom. The molecule has 0 spiro atoms. The van der Waals surface area contributed by atoms with Crippen LogP contribution in [0.5, 0.6) is 0 Å². The number of unbranched alkanes of at least 4 members (excludes halogenated alkanes) is 1. The Morgan fingerprint density at radius 3 is 2.75 bits per heavy atom. The molecule has 0 saturated heterocycles. The first-order valence-corrected chi connectivity index (χ1v) is 6.99. The molecule has 1 aromatic heterocycles. The van der Waals surface area contributed by atoms with Gasteiger partial charge in [0.2, 0.25) is 11.8 Å². The normalized spacial score (nSPS) is 10.5. The number of carbonyl (C=O) groups excluding carboxylic acids is 1. The van der Waals surface area contributed by atoms with Gasteiger partial charge >= 0.3 is 0 Å². The number of hydrogen-bond acceptors (Lipinski definition) is 3. The number of aromatic nitrogens is 1. The number of amides is 1. The minimum absolute atomic E-state index is 0.00513. The minimum atomic E-state index is -0.00513. The molecule has 2 aromatic rings. The summed E-state index contributed by atoms with van der Waals surface area (Å²) in [6.07, 6.45) is 2.34. The smallest absolute Gasteiger partial charge is 0.226 e. The van der Waals surface area contributed by atoms with E-state index in [9.17, 15) is 4.79 Å². The summed E-state index contributed by atoms with van der Waals surface area (Å²) in [4.78, 5) is 16.2. The topological polar surface area (TPSA) is 55.1 Å². The monoisotopic (exact) mass is 272 g/mol. The summed E-state index contributed by atoms with van der Waals surface area (Å²) in [5, 5.41) is 2.89. The molecule has 1 amide bonds. The van der Waals surface area contributed by atoms with Crippen molar-refractivity contribution in [1.82, 2.24) is 10.3 Å². The van der Waals surface area contributed by atoms with Gasteiger partial charge in [0, 0.05) is 12.1 Å². The zero-order valence-electron chi connectivity index (χ0n) is 12.0. The molecule has 0 aliphatic heterocycles. The van der Waals surface area contributed by atoms with E-state index in [2.05, 4.69) is 17.2 Å². The van der Waals surface area contributed by atoms with Crippen LogP contribution in [0.1, 0.15) is 31.2 Å². The molecule has 0 radical (unpaired) electrons. The van der Waals surface area contributed by atoms with E-state index in [1.165, 1.54) is 0 Å². The second kappa shape index (κ2) is 6.89. The van der Waals surface area contributed by atoms with E-state index in [1.807, 2.05) is 37.3 Å². The molecule has 1 N–H and O–H groups in total. The first-order valence-electron chi connectivity index (χ1n) is 6.99. The van der Waals surface area contributed by atoms with Gasteiger partial charge in [-0.3, -0.25) is 4.79 Å². The summed E-state index contributed by atoms with van der Waals surface area (Å²) in [5.41, 5.74) is 1.63. The van der Waals surface area contributed by atoms with Gasteiger partial charge in [-0.05, 0) is 25.5 Å². The van der Waals surface area contributed by atoms with Crippen molar-refractivity contribution in [3.05, 3.63) is 41.8 Å². The second-order valence-corrected chi connectivity index (χ2v) is 4.77. The molecule has 0 aliphatic rings. The fourth-order valence-electron chi connectivity index (χ4n) is 1.92. The van der Waals surface area contributed by atoms with Crippen LogP contribution in [0.4, 0.5) is 0 Å². The maximum absolute atomic E-state index is 11.8. The first kappa shape index (κ1) is 14.3. The Balaban J connectivity index is 2.03. The average molecular weight is 272 g/mol. The summed E-state index contributed by atoms with van der Waals surface area (Å²) in [6, 6.07) is 9.70. The molecule has 4 nitrogen and oxygen atoms in total. The molecule has 0 saturated carbocycles. The van der Waals surface area contributed by atoms with Gasteiger partial charge in [-0.15, -0.1) is 0 Å². The van der Waals surface area contributed by atoms with Gasteiger partial charge in [0.15, 0.2) is 0 Å². The van der Waals surface area contributed by atoms with Crippen LogP contribution in [0.25, 0.3) is 11.5 Å². The number of benzene rings is 1. The molecular weight excluding hydrogens is 252 g/mol. The summed E-state index contributed by atoms with van der Waals surface area (Å²) < 4.78 is 5.64. The first-order chi connectivity index (χ1) is 9.70. The average Bonchev–Trinajstić information content (AvgIpc) is 2.81. The molecule has 0 fully saturated rings. The van der Waals surface area contributed by atoms with Crippen molar-refractivity contribution in [2.75, 3.05) is 6.54 Å². The van der Waals surface area contributed by atoms with Crippen LogP contribution in [0.3, 0.4) is 0 Å². The van der Waals surface area contributed by atoms with E-state index in [-0.39, 0.29) is 12.3 Å². The van der Waals surface area contributed by atoms with Crippen molar-refractivity contribution in [3.8, 4) is 11.5 Å². The van der Waals surface area contributed by atoms with Crippen LogP contribution in [-0.2, 0) is 11.2 Å². The zero-order valence-corrected chi connectivity index (χ0v) is 12.0. The highest BCUT2D eigenvalue weighted by Gasteiger charge is 2.14. The highest BCUT2D eigenvalue weighted by atomic mass is 16.4. The minimum Gasteiger partial charge on any atom is -0.441 e. The van der Waals surface area contributed by atoms with Crippen molar-refractivity contribution >= 4 is 5.91 Å². The third-order valence-electron chi connectivity index (χ3n) is 3.09. The number of rotatable bonds is 6. The molecule has 0 atom stereocenters. The third-order valence-corrected chi connectivity index (χ3v) is 3.09. The highest BCUT2D eigenvalue weighted by molar-refractivity contribution is 5.78. The Morgan fingerprint density at radius 1 is 1.30 bits per heavy atom. The van der Waals surface area contributed by atoms with Crippen LogP contribution >= 0.6 is 0 Å². The lowest BCUT2D eigenvalue weighted by atomic mass is 10.2. The van der Waals surface area contributed by atoms with Crippen molar-refractivity contribution < 1.29 is 9.21 Å². The van der Waals surface area contributed by atoms with Gasteiger partial charge in [0.05, 0.1) is 12.1 Å². The van der Waals surface area contributed by atoms with Gasteiger partial charge in [0.1, 0.15) is 5.76 Å². The third kappa shape index (κ3) is 3.70. The molecular formula is C16H20N2O2. The van der Waals surface area contributed by atoms with E-state index in [1.54, 1.807) is 0 Å². The fraction of sp³-hybridized carbons (Fsp3) is 0.375. The van der Waals surface area contributed by atoms with Crippen LogP contribution in [0.2, 0.25) is 0 Å². The van der Waals surface area contributed by atoms with Gasteiger partial charge in [-0.2, -0.15) is 0 Å². The quantitative estimate of drug-likeness (QED) is 0.822. The number of aryl methyl sites for hydroxylation is 1. The van der Waals surface area contributed by atoms with Crippen molar-refractivity contribution in [2.45, 2.75) is 33.1 Å². The predicted molar refractivity (Wildman–Crippen MR) is 78.3 cm³/mol. The van der Waals surface area contributed by atoms with Crippen molar-refractivity contribution in [3.63, 3.8) is 0 Å².